The lowest BCUT2D eigenvalue weighted by Crippen LogP contribution is -2.29. The zero-order valence-corrected chi connectivity index (χ0v) is 9.69. The molecule has 0 amide bonds. The van der Waals surface area contributed by atoms with Crippen molar-refractivity contribution in [2.75, 3.05) is 13.2 Å². The fourth-order valence-electron chi connectivity index (χ4n) is 1.65. The molecule has 0 radical (unpaired) electrons. The largest absolute Gasteiger partial charge is 0.494 e. The maximum Gasteiger partial charge on any atom is 0.119 e. The van der Waals surface area contributed by atoms with Crippen LogP contribution in [0.25, 0.3) is 0 Å². The van der Waals surface area contributed by atoms with Crippen LogP contribution in [-0.2, 0) is 0 Å². The number of ether oxygens (including phenoxy) is 2. The average molecular weight is 221 g/mol. The maximum absolute atomic E-state index is 5.95. The van der Waals surface area contributed by atoms with Gasteiger partial charge in [0.25, 0.3) is 0 Å². The highest BCUT2D eigenvalue weighted by molar-refractivity contribution is 5.31. The van der Waals surface area contributed by atoms with Crippen LogP contribution in [0.5, 0.6) is 11.5 Å². The Morgan fingerprint density at radius 3 is 2.25 bits per heavy atom. The van der Waals surface area contributed by atoms with E-state index in [4.69, 9.17) is 15.2 Å². The summed E-state index contributed by atoms with van der Waals surface area (Å²) >= 11 is 0. The van der Waals surface area contributed by atoms with Crippen LogP contribution in [-0.4, -0.2) is 19.3 Å². The Balaban J connectivity index is 1.79. The van der Waals surface area contributed by atoms with E-state index in [0.29, 0.717) is 19.1 Å². The number of hydrogen-bond donors (Lipinski definition) is 1. The number of rotatable bonds is 6. The van der Waals surface area contributed by atoms with Crippen molar-refractivity contribution in [2.45, 2.75) is 25.8 Å². The molecule has 2 rings (SSSR count). The Labute approximate surface area is 96.5 Å². The molecule has 0 bridgehead atoms. The van der Waals surface area contributed by atoms with Crippen molar-refractivity contribution in [2.24, 2.45) is 11.7 Å². The minimum atomic E-state index is 0.187. The van der Waals surface area contributed by atoms with Crippen molar-refractivity contribution in [3.63, 3.8) is 0 Å². The summed E-state index contributed by atoms with van der Waals surface area (Å²) in [6.07, 6.45) is 2.52. The topological polar surface area (TPSA) is 44.5 Å². The van der Waals surface area contributed by atoms with Gasteiger partial charge >= 0.3 is 0 Å². The van der Waals surface area contributed by atoms with Crippen LogP contribution in [0, 0.1) is 5.92 Å². The molecule has 0 aliphatic heterocycles. The molecule has 0 spiro atoms. The Morgan fingerprint density at radius 2 is 1.75 bits per heavy atom. The first kappa shape index (κ1) is 11.3. The van der Waals surface area contributed by atoms with Crippen LogP contribution in [0.1, 0.15) is 19.8 Å². The van der Waals surface area contributed by atoms with Crippen molar-refractivity contribution < 1.29 is 9.47 Å². The molecule has 1 aliphatic rings. The molecule has 16 heavy (non-hydrogen) atoms. The molecular formula is C13H19NO2. The molecule has 3 heteroatoms. The summed E-state index contributed by atoms with van der Waals surface area (Å²) in [6.45, 7) is 3.27. The van der Waals surface area contributed by atoms with Gasteiger partial charge in [-0.15, -0.1) is 0 Å². The summed E-state index contributed by atoms with van der Waals surface area (Å²) < 4.78 is 11.0. The van der Waals surface area contributed by atoms with Gasteiger partial charge in [-0.2, -0.15) is 0 Å². The minimum absolute atomic E-state index is 0.187. The van der Waals surface area contributed by atoms with Crippen LogP contribution >= 0.6 is 0 Å². The lowest BCUT2D eigenvalue weighted by Gasteiger charge is -2.12. The van der Waals surface area contributed by atoms with Gasteiger partial charge in [0, 0.05) is 6.04 Å². The van der Waals surface area contributed by atoms with E-state index in [1.807, 2.05) is 31.2 Å². The average Bonchev–Trinajstić information content (AvgIpc) is 3.12. The Hall–Kier alpha value is -1.22. The third-order valence-corrected chi connectivity index (χ3v) is 2.80. The molecule has 1 atom stereocenters. The van der Waals surface area contributed by atoms with E-state index in [1.165, 1.54) is 12.8 Å². The van der Waals surface area contributed by atoms with Crippen LogP contribution < -0.4 is 15.2 Å². The van der Waals surface area contributed by atoms with Crippen molar-refractivity contribution in [3.05, 3.63) is 24.3 Å². The van der Waals surface area contributed by atoms with Gasteiger partial charge in [-0.25, -0.2) is 0 Å². The van der Waals surface area contributed by atoms with Crippen molar-refractivity contribution in [3.8, 4) is 11.5 Å². The van der Waals surface area contributed by atoms with Crippen LogP contribution in [0.2, 0.25) is 0 Å². The smallest absolute Gasteiger partial charge is 0.119 e. The lowest BCUT2D eigenvalue weighted by molar-refractivity contribution is 0.275. The van der Waals surface area contributed by atoms with E-state index in [9.17, 15) is 0 Å². The molecule has 2 N–H and O–H groups in total. The summed E-state index contributed by atoms with van der Waals surface area (Å²) in [6, 6.07) is 7.87. The molecule has 0 saturated heterocycles. The number of nitrogens with two attached hydrogens (primary N) is 1. The van der Waals surface area contributed by atoms with E-state index >= 15 is 0 Å². The fourth-order valence-corrected chi connectivity index (χ4v) is 1.65. The summed E-state index contributed by atoms with van der Waals surface area (Å²) in [4.78, 5) is 0. The lowest BCUT2D eigenvalue weighted by atomic mass is 10.2. The van der Waals surface area contributed by atoms with Gasteiger partial charge in [-0.3, -0.25) is 0 Å². The molecule has 1 unspecified atom stereocenters. The molecular weight excluding hydrogens is 202 g/mol. The zero-order chi connectivity index (χ0) is 11.4. The third-order valence-electron chi connectivity index (χ3n) is 2.80. The van der Waals surface area contributed by atoms with Gasteiger partial charge in [-0.1, -0.05) is 0 Å². The van der Waals surface area contributed by atoms with E-state index in [0.717, 1.165) is 11.5 Å². The number of benzene rings is 1. The van der Waals surface area contributed by atoms with Crippen LogP contribution in [0.3, 0.4) is 0 Å². The predicted octanol–water partition coefficient (Wildman–Crippen LogP) is 2.20. The number of hydrogen-bond acceptors (Lipinski definition) is 3. The van der Waals surface area contributed by atoms with E-state index in [1.54, 1.807) is 0 Å². The predicted molar refractivity (Wildman–Crippen MR) is 63.8 cm³/mol. The summed E-state index contributed by atoms with van der Waals surface area (Å²) in [5.74, 6) is 2.42. The Bertz CT molecular complexity index is 319. The first-order chi connectivity index (χ1) is 7.79. The maximum atomic E-state index is 5.95. The molecule has 1 saturated carbocycles. The van der Waals surface area contributed by atoms with Crippen LogP contribution in [0.4, 0.5) is 0 Å². The highest BCUT2D eigenvalue weighted by Gasteiger charge is 2.28. The minimum Gasteiger partial charge on any atom is -0.494 e. The Morgan fingerprint density at radius 1 is 1.19 bits per heavy atom. The third kappa shape index (κ3) is 3.14. The Kier molecular flexibility index (Phi) is 3.67. The van der Waals surface area contributed by atoms with Crippen molar-refractivity contribution in [1.29, 1.82) is 0 Å². The fraction of sp³-hybridized carbons (Fsp3) is 0.538. The monoisotopic (exact) mass is 221 g/mol. The van der Waals surface area contributed by atoms with Crippen molar-refractivity contribution in [1.82, 2.24) is 0 Å². The van der Waals surface area contributed by atoms with E-state index in [-0.39, 0.29) is 6.04 Å². The molecule has 1 fully saturated rings. The second-order valence-electron chi connectivity index (χ2n) is 4.22. The SMILES string of the molecule is CCOc1ccc(OCC(N)C2CC2)cc1. The molecule has 1 aromatic carbocycles. The summed E-state index contributed by atoms with van der Waals surface area (Å²) in [5.41, 5.74) is 5.95. The van der Waals surface area contributed by atoms with Crippen molar-refractivity contribution >= 4 is 0 Å². The highest BCUT2D eigenvalue weighted by atomic mass is 16.5. The molecule has 3 nitrogen and oxygen atoms in total. The summed E-state index contributed by atoms with van der Waals surface area (Å²) in [5, 5.41) is 0. The first-order valence-electron chi connectivity index (χ1n) is 5.91. The zero-order valence-electron chi connectivity index (χ0n) is 9.69. The van der Waals surface area contributed by atoms with Gasteiger partial charge < -0.3 is 15.2 Å². The normalized spacial score (nSPS) is 16.9. The van der Waals surface area contributed by atoms with E-state index in [2.05, 4.69) is 0 Å². The quantitative estimate of drug-likeness (QED) is 0.801. The molecule has 1 aliphatic carbocycles. The highest BCUT2D eigenvalue weighted by Crippen LogP contribution is 2.31. The molecule has 0 heterocycles. The second kappa shape index (κ2) is 5.21. The van der Waals surface area contributed by atoms with Gasteiger partial charge in [0.2, 0.25) is 0 Å². The molecule has 0 aromatic heterocycles. The van der Waals surface area contributed by atoms with Gasteiger partial charge in [0.15, 0.2) is 0 Å². The summed E-state index contributed by atoms with van der Waals surface area (Å²) in [7, 11) is 0. The first-order valence-corrected chi connectivity index (χ1v) is 5.91. The molecule has 1 aromatic rings. The van der Waals surface area contributed by atoms with Gasteiger partial charge in [-0.05, 0) is 49.9 Å². The van der Waals surface area contributed by atoms with Gasteiger partial charge in [0.1, 0.15) is 18.1 Å². The van der Waals surface area contributed by atoms with Gasteiger partial charge in [0.05, 0.1) is 6.61 Å². The molecule has 88 valence electrons. The second-order valence-corrected chi connectivity index (χ2v) is 4.22. The standard InChI is InChI=1S/C13H19NO2/c1-2-15-11-5-7-12(8-6-11)16-9-13(14)10-3-4-10/h5-8,10,13H,2-4,9,14H2,1H3. The van der Waals surface area contributed by atoms with E-state index < -0.39 is 0 Å². The van der Waals surface area contributed by atoms with Crippen LogP contribution in [0.15, 0.2) is 24.3 Å².